The summed E-state index contributed by atoms with van der Waals surface area (Å²) < 4.78 is 0. The summed E-state index contributed by atoms with van der Waals surface area (Å²) in [5, 5.41) is 12.4. The van der Waals surface area contributed by atoms with E-state index >= 15 is 0 Å². The van der Waals surface area contributed by atoms with Crippen molar-refractivity contribution in [3.8, 4) is 0 Å². The lowest BCUT2D eigenvalue weighted by Gasteiger charge is -2.28. The van der Waals surface area contributed by atoms with Gasteiger partial charge < -0.3 is 10.4 Å². The van der Waals surface area contributed by atoms with Crippen LogP contribution in [0.25, 0.3) is 0 Å². The van der Waals surface area contributed by atoms with Crippen LogP contribution in [0.3, 0.4) is 0 Å². The molecule has 2 N–H and O–H groups in total. The van der Waals surface area contributed by atoms with Gasteiger partial charge in [-0.3, -0.25) is 9.78 Å². The van der Waals surface area contributed by atoms with Crippen LogP contribution in [0, 0.1) is 19.8 Å². The number of rotatable bonds is 3. The quantitative estimate of drug-likeness (QED) is 0.863. The van der Waals surface area contributed by atoms with Gasteiger partial charge in [-0.1, -0.05) is 0 Å². The van der Waals surface area contributed by atoms with Crippen molar-refractivity contribution in [2.45, 2.75) is 45.6 Å². The van der Waals surface area contributed by atoms with E-state index < -0.39 is 5.97 Å². The van der Waals surface area contributed by atoms with Crippen LogP contribution < -0.4 is 5.32 Å². The summed E-state index contributed by atoms with van der Waals surface area (Å²) in [4.78, 5) is 15.3. The smallest absolute Gasteiger partial charge is 0.306 e. The van der Waals surface area contributed by atoms with Crippen molar-refractivity contribution in [3.63, 3.8) is 0 Å². The Balaban J connectivity index is 1.93. The molecule has 0 spiro atoms. The SMILES string of the molecule is Cc1ccc(NC2CCC(C(=O)O)CC2)c(C)n1. The Morgan fingerprint density at radius 1 is 1.28 bits per heavy atom. The molecule has 0 radical (unpaired) electrons. The number of hydrogen-bond donors (Lipinski definition) is 2. The predicted octanol–water partition coefficient (Wildman–Crippen LogP) is 2.75. The first-order valence-corrected chi connectivity index (χ1v) is 6.50. The molecule has 0 aliphatic heterocycles. The minimum absolute atomic E-state index is 0.153. The minimum Gasteiger partial charge on any atom is -0.481 e. The van der Waals surface area contributed by atoms with Crippen molar-refractivity contribution in [2.75, 3.05) is 5.32 Å². The first-order valence-electron chi connectivity index (χ1n) is 6.50. The maximum Gasteiger partial charge on any atom is 0.306 e. The van der Waals surface area contributed by atoms with Crippen molar-refractivity contribution < 1.29 is 9.90 Å². The van der Waals surface area contributed by atoms with Gasteiger partial charge in [-0.2, -0.15) is 0 Å². The fourth-order valence-electron chi connectivity index (χ4n) is 2.54. The van der Waals surface area contributed by atoms with Crippen LogP contribution in [0.5, 0.6) is 0 Å². The van der Waals surface area contributed by atoms with Crippen molar-refractivity contribution >= 4 is 11.7 Å². The molecule has 0 aromatic carbocycles. The van der Waals surface area contributed by atoms with E-state index in [9.17, 15) is 4.79 Å². The fourth-order valence-corrected chi connectivity index (χ4v) is 2.54. The summed E-state index contributed by atoms with van der Waals surface area (Å²) in [6.07, 6.45) is 3.38. The Morgan fingerprint density at radius 2 is 1.94 bits per heavy atom. The molecule has 1 aliphatic carbocycles. The molecule has 0 bridgehead atoms. The molecule has 1 heterocycles. The molecule has 2 rings (SSSR count). The lowest BCUT2D eigenvalue weighted by molar-refractivity contribution is -0.142. The topological polar surface area (TPSA) is 62.2 Å². The molecular weight excluding hydrogens is 228 g/mol. The highest BCUT2D eigenvalue weighted by Gasteiger charge is 2.25. The van der Waals surface area contributed by atoms with Gasteiger partial charge in [-0.15, -0.1) is 0 Å². The van der Waals surface area contributed by atoms with Crippen molar-refractivity contribution in [1.29, 1.82) is 0 Å². The zero-order chi connectivity index (χ0) is 13.1. The lowest BCUT2D eigenvalue weighted by Crippen LogP contribution is -2.29. The monoisotopic (exact) mass is 248 g/mol. The van der Waals surface area contributed by atoms with E-state index in [1.54, 1.807) is 0 Å². The number of carbonyl (C=O) groups is 1. The van der Waals surface area contributed by atoms with E-state index in [1.807, 2.05) is 19.9 Å². The van der Waals surface area contributed by atoms with Crippen molar-refractivity contribution in [3.05, 3.63) is 23.5 Å². The number of carboxylic acids is 1. The molecule has 4 nitrogen and oxygen atoms in total. The molecule has 18 heavy (non-hydrogen) atoms. The van der Waals surface area contributed by atoms with E-state index in [4.69, 9.17) is 5.11 Å². The number of aliphatic carboxylic acids is 1. The third kappa shape index (κ3) is 3.00. The van der Waals surface area contributed by atoms with Crippen LogP contribution in [0.4, 0.5) is 5.69 Å². The molecule has 1 fully saturated rings. The highest BCUT2D eigenvalue weighted by atomic mass is 16.4. The maximum atomic E-state index is 10.9. The second kappa shape index (κ2) is 5.38. The van der Waals surface area contributed by atoms with Crippen molar-refractivity contribution in [1.82, 2.24) is 4.98 Å². The average Bonchev–Trinajstić information content (AvgIpc) is 2.33. The first-order chi connectivity index (χ1) is 8.56. The molecule has 1 aliphatic rings. The highest BCUT2D eigenvalue weighted by molar-refractivity contribution is 5.70. The van der Waals surface area contributed by atoms with Gasteiger partial charge in [0.25, 0.3) is 0 Å². The van der Waals surface area contributed by atoms with Crippen LogP contribution in [-0.4, -0.2) is 22.1 Å². The van der Waals surface area contributed by atoms with E-state index in [0.29, 0.717) is 6.04 Å². The number of carboxylic acid groups (broad SMARTS) is 1. The molecule has 0 unspecified atom stereocenters. The van der Waals surface area contributed by atoms with Gasteiger partial charge in [0.15, 0.2) is 0 Å². The molecule has 1 aromatic rings. The second-order valence-electron chi connectivity index (χ2n) is 5.12. The largest absolute Gasteiger partial charge is 0.481 e. The van der Waals surface area contributed by atoms with Gasteiger partial charge in [-0.05, 0) is 51.7 Å². The number of aryl methyl sites for hydroxylation is 2. The molecule has 1 saturated carbocycles. The molecule has 1 aromatic heterocycles. The molecular formula is C14H20N2O2. The van der Waals surface area contributed by atoms with Gasteiger partial charge >= 0.3 is 5.97 Å². The van der Waals surface area contributed by atoms with E-state index in [2.05, 4.69) is 16.4 Å². The standard InChI is InChI=1S/C14H20N2O2/c1-9-3-8-13(10(2)15-9)16-12-6-4-11(5-7-12)14(17)18/h3,8,11-12,16H,4-7H2,1-2H3,(H,17,18). The van der Waals surface area contributed by atoms with Crippen LogP contribution in [0.1, 0.15) is 37.1 Å². The zero-order valence-corrected chi connectivity index (χ0v) is 10.9. The minimum atomic E-state index is -0.651. The summed E-state index contributed by atoms with van der Waals surface area (Å²) in [6, 6.07) is 4.43. The van der Waals surface area contributed by atoms with Gasteiger partial charge in [0.1, 0.15) is 0 Å². The molecule has 0 atom stereocenters. The molecule has 98 valence electrons. The van der Waals surface area contributed by atoms with E-state index in [1.165, 1.54) is 0 Å². The Bertz CT molecular complexity index is 437. The Hall–Kier alpha value is -1.58. The van der Waals surface area contributed by atoms with Crippen LogP contribution in [0.15, 0.2) is 12.1 Å². The van der Waals surface area contributed by atoms with Crippen LogP contribution >= 0.6 is 0 Å². The Kier molecular flexibility index (Phi) is 3.84. The molecule has 0 saturated heterocycles. The van der Waals surface area contributed by atoms with Gasteiger partial charge in [-0.25, -0.2) is 0 Å². The molecule has 0 amide bonds. The maximum absolute atomic E-state index is 10.9. The second-order valence-corrected chi connectivity index (χ2v) is 5.12. The van der Waals surface area contributed by atoms with Gasteiger partial charge in [0, 0.05) is 11.7 Å². The summed E-state index contributed by atoms with van der Waals surface area (Å²) >= 11 is 0. The van der Waals surface area contributed by atoms with E-state index in [-0.39, 0.29) is 5.92 Å². The predicted molar refractivity (Wildman–Crippen MR) is 70.7 cm³/mol. The Labute approximate surface area is 107 Å². The summed E-state index contributed by atoms with van der Waals surface area (Å²) in [5.74, 6) is -0.804. The number of nitrogens with one attached hydrogen (secondary N) is 1. The third-order valence-corrected chi connectivity index (χ3v) is 3.66. The highest BCUT2D eigenvalue weighted by Crippen LogP contribution is 2.27. The summed E-state index contributed by atoms with van der Waals surface area (Å²) in [7, 11) is 0. The molecule has 4 heteroatoms. The number of nitrogens with zero attached hydrogens (tertiary/aromatic N) is 1. The lowest BCUT2D eigenvalue weighted by atomic mass is 9.86. The Morgan fingerprint density at radius 3 is 2.50 bits per heavy atom. The van der Waals surface area contributed by atoms with Crippen LogP contribution in [0.2, 0.25) is 0 Å². The first kappa shape index (κ1) is 12.9. The number of anilines is 1. The number of aromatic nitrogens is 1. The third-order valence-electron chi connectivity index (χ3n) is 3.66. The number of pyridine rings is 1. The van der Waals surface area contributed by atoms with Gasteiger partial charge in [0.2, 0.25) is 0 Å². The zero-order valence-electron chi connectivity index (χ0n) is 10.9. The number of hydrogen-bond acceptors (Lipinski definition) is 3. The fraction of sp³-hybridized carbons (Fsp3) is 0.571. The van der Waals surface area contributed by atoms with E-state index in [0.717, 1.165) is 42.8 Å². The van der Waals surface area contributed by atoms with Gasteiger partial charge in [0.05, 0.1) is 17.3 Å². The summed E-state index contributed by atoms with van der Waals surface area (Å²) in [5.41, 5.74) is 3.10. The van der Waals surface area contributed by atoms with Crippen molar-refractivity contribution in [2.24, 2.45) is 5.92 Å². The average molecular weight is 248 g/mol. The van der Waals surface area contributed by atoms with Crippen LogP contribution in [-0.2, 0) is 4.79 Å². The normalized spacial score (nSPS) is 23.7. The summed E-state index contributed by atoms with van der Waals surface area (Å²) in [6.45, 7) is 3.98.